The maximum absolute atomic E-state index is 12.2. The maximum atomic E-state index is 12.2. The van der Waals surface area contributed by atoms with E-state index in [9.17, 15) is 4.79 Å². The third kappa shape index (κ3) is 5.66. The number of anilines is 1. The minimum Gasteiger partial charge on any atom is -0.489 e. The SMILES string of the molecule is Cc1ccc(C(=O)NC(=S)Nc2cccc(OCc3ccccc3)c2)cc1. The fourth-order valence-electron chi connectivity index (χ4n) is 2.45. The number of aryl methyl sites for hydroxylation is 1. The number of ether oxygens (including phenoxy) is 1. The molecule has 0 unspecified atom stereocenters. The van der Waals surface area contributed by atoms with Gasteiger partial charge in [-0.25, -0.2) is 0 Å². The Balaban J connectivity index is 1.56. The van der Waals surface area contributed by atoms with E-state index in [1.165, 1.54) is 0 Å². The van der Waals surface area contributed by atoms with Gasteiger partial charge in [-0.1, -0.05) is 54.1 Å². The lowest BCUT2D eigenvalue weighted by Gasteiger charge is -2.12. The second-order valence-corrected chi connectivity index (χ2v) is 6.48. The number of carbonyl (C=O) groups is 1. The monoisotopic (exact) mass is 376 g/mol. The molecule has 4 nitrogen and oxygen atoms in total. The van der Waals surface area contributed by atoms with Crippen molar-refractivity contribution in [2.24, 2.45) is 0 Å². The van der Waals surface area contributed by atoms with Crippen molar-refractivity contribution < 1.29 is 9.53 Å². The molecule has 5 heteroatoms. The van der Waals surface area contributed by atoms with Gasteiger partial charge in [0.2, 0.25) is 0 Å². The van der Waals surface area contributed by atoms with Gasteiger partial charge in [-0.3, -0.25) is 10.1 Å². The van der Waals surface area contributed by atoms with Gasteiger partial charge in [-0.2, -0.15) is 0 Å². The van der Waals surface area contributed by atoms with Crippen LogP contribution in [0.15, 0.2) is 78.9 Å². The van der Waals surface area contributed by atoms with Crippen LogP contribution in [0, 0.1) is 6.92 Å². The van der Waals surface area contributed by atoms with Crippen LogP contribution in [0.3, 0.4) is 0 Å². The van der Waals surface area contributed by atoms with E-state index in [1.54, 1.807) is 12.1 Å². The molecule has 0 aliphatic carbocycles. The van der Waals surface area contributed by atoms with Gasteiger partial charge in [-0.15, -0.1) is 0 Å². The topological polar surface area (TPSA) is 50.4 Å². The third-order valence-electron chi connectivity index (χ3n) is 3.88. The molecule has 0 spiro atoms. The molecule has 2 N–H and O–H groups in total. The van der Waals surface area contributed by atoms with Gasteiger partial charge in [0.25, 0.3) is 5.91 Å². The van der Waals surface area contributed by atoms with Crippen LogP contribution < -0.4 is 15.4 Å². The van der Waals surface area contributed by atoms with Crippen molar-refractivity contribution in [1.82, 2.24) is 5.32 Å². The van der Waals surface area contributed by atoms with E-state index in [1.807, 2.05) is 73.7 Å². The standard InChI is InChI=1S/C22H20N2O2S/c1-16-10-12-18(13-11-16)21(25)24-22(27)23-19-8-5-9-20(14-19)26-15-17-6-3-2-4-7-17/h2-14H,15H2,1H3,(H2,23,24,25,27). The van der Waals surface area contributed by atoms with Gasteiger partial charge < -0.3 is 10.1 Å². The average Bonchev–Trinajstić information content (AvgIpc) is 2.68. The van der Waals surface area contributed by atoms with E-state index in [-0.39, 0.29) is 11.0 Å². The zero-order valence-corrected chi connectivity index (χ0v) is 15.8. The molecule has 27 heavy (non-hydrogen) atoms. The van der Waals surface area contributed by atoms with Crippen LogP contribution in [0.5, 0.6) is 5.75 Å². The molecule has 0 saturated carbocycles. The number of rotatable bonds is 5. The van der Waals surface area contributed by atoms with Crippen LogP contribution in [0.4, 0.5) is 5.69 Å². The minimum absolute atomic E-state index is 0.237. The van der Waals surface area contributed by atoms with Crippen molar-refractivity contribution in [3.63, 3.8) is 0 Å². The number of benzene rings is 3. The molecule has 0 aromatic heterocycles. The molecule has 0 radical (unpaired) electrons. The summed E-state index contributed by atoms with van der Waals surface area (Å²) < 4.78 is 5.81. The Morgan fingerprint density at radius 3 is 2.44 bits per heavy atom. The van der Waals surface area contributed by atoms with Crippen LogP contribution in [-0.2, 0) is 6.61 Å². The van der Waals surface area contributed by atoms with Crippen molar-refractivity contribution in [1.29, 1.82) is 0 Å². The highest BCUT2D eigenvalue weighted by Crippen LogP contribution is 2.18. The first-order chi connectivity index (χ1) is 13.1. The molecule has 0 aliphatic heterocycles. The number of hydrogen-bond acceptors (Lipinski definition) is 3. The van der Waals surface area contributed by atoms with Gasteiger partial charge in [0.1, 0.15) is 12.4 Å². The summed E-state index contributed by atoms with van der Waals surface area (Å²) in [5, 5.41) is 5.93. The van der Waals surface area contributed by atoms with Crippen LogP contribution in [-0.4, -0.2) is 11.0 Å². The molecule has 0 fully saturated rings. The predicted octanol–water partition coefficient (Wildman–Crippen LogP) is 4.70. The zero-order chi connectivity index (χ0) is 19.1. The Hall–Kier alpha value is -3.18. The lowest BCUT2D eigenvalue weighted by atomic mass is 10.1. The second-order valence-electron chi connectivity index (χ2n) is 6.08. The predicted molar refractivity (Wildman–Crippen MR) is 112 cm³/mol. The second kappa shape index (κ2) is 8.96. The molecule has 3 aromatic carbocycles. The summed E-state index contributed by atoms with van der Waals surface area (Å²) in [7, 11) is 0. The number of nitrogens with one attached hydrogen (secondary N) is 2. The summed E-state index contributed by atoms with van der Waals surface area (Å²) >= 11 is 5.24. The summed E-state index contributed by atoms with van der Waals surface area (Å²) in [5.41, 5.74) is 3.50. The molecular weight excluding hydrogens is 356 g/mol. The van der Waals surface area contributed by atoms with E-state index in [2.05, 4.69) is 10.6 Å². The number of carbonyl (C=O) groups excluding carboxylic acids is 1. The quantitative estimate of drug-likeness (QED) is 0.634. The summed E-state index contributed by atoms with van der Waals surface area (Å²) in [4.78, 5) is 12.2. The minimum atomic E-state index is -0.246. The fraction of sp³-hybridized carbons (Fsp3) is 0.0909. The summed E-state index contributed by atoms with van der Waals surface area (Å²) in [6.45, 7) is 2.46. The largest absolute Gasteiger partial charge is 0.489 e. The number of thiocarbonyl (C=S) groups is 1. The van der Waals surface area contributed by atoms with Gasteiger partial charge in [0.15, 0.2) is 5.11 Å². The molecule has 1 amide bonds. The fourth-order valence-corrected chi connectivity index (χ4v) is 2.66. The van der Waals surface area contributed by atoms with E-state index in [0.717, 1.165) is 22.6 Å². The Bertz CT molecular complexity index is 925. The Kier molecular flexibility index (Phi) is 6.18. The van der Waals surface area contributed by atoms with Crippen LogP contribution in [0.25, 0.3) is 0 Å². The summed E-state index contributed by atoms with van der Waals surface area (Å²) in [6, 6.07) is 24.7. The summed E-state index contributed by atoms with van der Waals surface area (Å²) in [6.07, 6.45) is 0. The molecule has 0 aliphatic rings. The van der Waals surface area contributed by atoms with Crippen molar-refractivity contribution >= 4 is 28.9 Å². The Labute approximate surface area is 164 Å². The van der Waals surface area contributed by atoms with Crippen molar-refractivity contribution in [3.8, 4) is 5.75 Å². The van der Waals surface area contributed by atoms with Gasteiger partial charge in [0.05, 0.1) is 0 Å². The summed E-state index contributed by atoms with van der Waals surface area (Å²) in [5.74, 6) is 0.473. The first kappa shape index (κ1) is 18.6. The Morgan fingerprint density at radius 2 is 1.70 bits per heavy atom. The molecule has 0 heterocycles. The smallest absolute Gasteiger partial charge is 0.257 e. The van der Waals surface area contributed by atoms with E-state index >= 15 is 0 Å². The molecule has 136 valence electrons. The third-order valence-corrected chi connectivity index (χ3v) is 4.09. The molecule has 3 aromatic rings. The lowest BCUT2D eigenvalue weighted by Crippen LogP contribution is -2.34. The van der Waals surface area contributed by atoms with Gasteiger partial charge in [0, 0.05) is 17.3 Å². The van der Waals surface area contributed by atoms with Crippen LogP contribution in [0.2, 0.25) is 0 Å². The molecule has 0 atom stereocenters. The average molecular weight is 376 g/mol. The molecular formula is C22H20N2O2S. The molecule has 3 rings (SSSR count). The van der Waals surface area contributed by atoms with Crippen molar-refractivity contribution in [2.75, 3.05) is 5.32 Å². The van der Waals surface area contributed by atoms with Crippen LogP contribution >= 0.6 is 12.2 Å². The Morgan fingerprint density at radius 1 is 0.963 bits per heavy atom. The maximum Gasteiger partial charge on any atom is 0.257 e. The first-order valence-corrected chi connectivity index (χ1v) is 8.97. The van der Waals surface area contributed by atoms with Gasteiger partial charge in [-0.05, 0) is 49.0 Å². The van der Waals surface area contributed by atoms with Crippen molar-refractivity contribution in [3.05, 3.63) is 95.6 Å². The highest BCUT2D eigenvalue weighted by Gasteiger charge is 2.08. The number of hydrogen-bond donors (Lipinski definition) is 2. The van der Waals surface area contributed by atoms with Gasteiger partial charge >= 0.3 is 0 Å². The normalized spacial score (nSPS) is 10.1. The first-order valence-electron chi connectivity index (χ1n) is 8.56. The lowest BCUT2D eigenvalue weighted by molar-refractivity contribution is 0.0977. The van der Waals surface area contributed by atoms with E-state index in [4.69, 9.17) is 17.0 Å². The molecule has 0 saturated heterocycles. The van der Waals surface area contributed by atoms with Crippen LogP contribution in [0.1, 0.15) is 21.5 Å². The van der Waals surface area contributed by atoms with Crippen molar-refractivity contribution in [2.45, 2.75) is 13.5 Å². The molecule has 0 bridgehead atoms. The zero-order valence-electron chi connectivity index (χ0n) is 14.9. The number of amides is 1. The highest BCUT2D eigenvalue weighted by atomic mass is 32.1. The highest BCUT2D eigenvalue weighted by molar-refractivity contribution is 7.80. The van der Waals surface area contributed by atoms with E-state index in [0.29, 0.717) is 12.2 Å². The van der Waals surface area contributed by atoms with E-state index < -0.39 is 0 Å².